The highest BCUT2D eigenvalue weighted by Crippen LogP contribution is 2.17. The van der Waals surface area contributed by atoms with Crippen molar-refractivity contribution in [2.75, 3.05) is 19.6 Å². The van der Waals surface area contributed by atoms with E-state index in [9.17, 15) is 8.42 Å². The van der Waals surface area contributed by atoms with E-state index in [4.69, 9.17) is 0 Å². The zero-order valence-electron chi connectivity index (χ0n) is 15.2. The standard InChI is InChI=1S/C18H26N4O2S2/c1-3-15-10-11-16(25-15)14-21-18(19-4-2)20-12-13-22-26(23,24)17-8-6-5-7-9-17/h5-11,22H,3-4,12-14H2,1-2H3,(H2,19,20,21). The van der Waals surface area contributed by atoms with Gasteiger partial charge in [-0.2, -0.15) is 0 Å². The number of aliphatic imine (C=N–C) groups is 1. The molecule has 0 aliphatic carbocycles. The van der Waals surface area contributed by atoms with Crippen LogP contribution in [0.2, 0.25) is 0 Å². The highest BCUT2D eigenvalue weighted by Gasteiger charge is 2.12. The third-order valence-corrected chi connectivity index (χ3v) is 6.26. The summed E-state index contributed by atoms with van der Waals surface area (Å²) >= 11 is 1.77. The highest BCUT2D eigenvalue weighted by molar-refractivity contribution is 7.89. The summed E-state index contributed by atoms with van der Waals surface area (Å²) in [4.78, 5) is 7.38. The fraction of sp³-hybridized carbons (Fsp3) is 0.389. The number of guanidine groups is 1. The lowest BCUT2D eigenvalue weighted by Crippen LogP contribution is -2.41. The molecule has 0 atom stereocenters. The van der Waals surface area contributed by atoms with E-state index in [0.717, 1.165) is 13.0 Å². The number of aryl methyl sites for hydroxylation is 1. The van der Waals surface area contributed by atoms with Crippen LogP contribution in [-0.4, -0.2) is 34.0 Å². The Kier molecular flexibility index (Phi) is 8.08. The second kappa shape index (κ2) is 10.3. The molecule has 0 amide bonds. The summed E-state index contributed by atoms with van der Waals surface area (Å²) in [5.41, 5.74) is 0. The summed E-state index contributed by atoms with van der Waals surface area (Å²) in [6.45, 7) is 6.21. The number of hydrogen-bond donors (Lipinski definition) is 3. The van der Waals surface area contributed by atoms with Crippen molar-refractivity contribution < 1.29 is 8.42 Å². The van der Waals surface area contributed by atoms with Crippen LogP contribution in [0.1, 0.15) is 23.6 Å². The van der Waals surface area contributed by atoms with Crippen molar-refractivity contribution >= 4 is 27.3 Å². The third kappa shape index (κ3) is 6.44. The van der Waals surface area contributed by atoms with Gasteiger partial charge in [0.2, 0.25) is 10.0 Å². The molecular formula is C18H26N4O2S2. The summed E-state index contributed by atoms with van der Waals surface area (Å²) in [6.07, 6.45) is 1.04. The van der Waals surface area contributed by atoms with Crippen molar-refractivity contribution in [1.82, 2.24) is 15.4 Å². The predicted molar refractivity (Wildman–Crippen MR) is 108 cm³/mol. The summed E-state index contributed by atoms with van der Waals surface area (Å²) in [5, 5.41) is 6.32. The first-order valence-electron chi connectivity index (χ1n) is 8.69. The normalized spacial score (nSPS) is 12.2. The van der Waals surface area contributed by atoms with Crippen molar-refractivity contribution in [3.05, 3.63) is 52.2 Å². The van der Waals surface area contributed by atoms with Gasteiger partial charge in [0, 0.05) is 29.4 Å². The van der Waals surface area contributed by atoms with E-state index in [1.807, 2.05) is 6.92 Å². The highest BCUT2D eigenvalue weighted by atomic mass is 32.2. The smallest absolute Gasteiger partial charge is 0.240 e. The molecule has 3 N–H and O–H groups in total. The van der Waals surface area contributed by atoms with E-state index in [-0.39, 0.29) is 11.4 Å². The van der Waals surface area contributed by atoms with Gasteiger partial charge in [-0.05, 0) is 37.6 Å². The van der Waals surface area contributed by atoms with Crippen LogP contribution in [0.3, 0.4) is 0 Å². The Labute approximate surface area is 159 Å². The second-order valence-electron chi connectivity index (χ2n) is 5.55. The second-order valence-corrected chi connectivity index (χ2v) is 8.57. The molecule has 1 aromatic heterocycles. The molecular weight excluding hydrogens is 368 g/mol. The molecule has 26 heavy (non-hydrogen) atoms. The molecule has 0 spiro atoms. The summed E-state index contributed by atoms with van der Waals surface area (Å²) < 4.78 is 26.9. The fourth-order valence-corrected chi connectivity index (χ4v) is 4.18. The van der Waals surface area contributed by atoms with Crippen molar-refractivity contribution in [3.63, 3.8) is 0 Å². The van der Waals surface area contributed by atoms with Crippen LogP contribution >= 0.6 is 11.3 Å². The maximum Gasteiger partial charge on any atom is 0.240 e. The molecule has 0 unspecified atom stereocenters. The molecule has 1 aromatic carbocycles. The van der Waals surface area contributed by atoms with Crippen molar-refractivity contribution in [2.45, 2.75) is 31.7 Å². The van der Waals surface area contributed by atoms with Crippen LogP contribution < -0.4 is 15.4 Å². The molecule has 0 fully saturated rings. The average molecular weight is 395 g/mol. The van der Waals surface area contributed by atoms with E-state index >= 15 is 0 Å². The summed E-state index contributed by atoms with van der Waals surface area (Å²) in [7, 11) is -3.47. The first-order chi connectivity index (χ1) is 12.5. The van der Waals surface area contributed by atoms with Gasteiger partial charge in [0.25, 0.3) is 0 Å². The van der Waals surface area contributed by atoms with Crippen molar-refractivity contribution in [3.8, 4) is 0 Å². The van der Waals surface area contributed by atoms with E-state index in [0.29, 0.717) is 19.0 Å². The first-order valence-corrected chi connectivity index (χ1v) is 11.0. The lowest BCUT2D eigenvalue weighted by Gasteiger charge is -2.12. The largest absolute Gasteiger partial charge is 0.357 e. The molecule has 8 heteroatoms. The minimum Gasteiger partial charge on any atom is -0.357 e. The molecule has 6 nitrogen and oxygen atoms in total. The number of thiophene rings is 1. The summed E-state index contributed by atoms with van der Waals surface area (Å²) in [5.74, 6) is 0.679. The van der Waals surface area contributed by atoms with Crippen LogP contribution in [-0.2, 0) is 23.0 Å². The maximum absolute atomic E-state index is 12.2. The first kappa shape index (κ1) is 20.4. The van der Waals surface area contributed by atoms with Crippen LogP contribution in [0.15, 0.2) is 52.4 Å². The molecule has 0 saturated carbocycles. The third-order valence-electron chi connectivity index (χ3n) is 3.57. The van der Waals surface area contributed by atoms with Gasteiger partial charge in [0.1, 0.15) is 0 Å². The number of sulfonamides is 1. The van der Waals surface area contributed by atoms with Gasteiger partial charge < -0.3 is 10.6 Å². The van der Waals surface area contributed by atoms with Crippen LogP contribution in [0.5, 0.6) is 0 Å². The van der Waals surface area contributed by atoms with Crippen molar-refractivity contribution in [2.24, 2.45) is 4.99 Å². The molecule has 1 heterocycles. The Morgan fingerprint density at radius 3 is 2.38 bits per heavy atom. The van der Waals surface area contributed by atoms with Gasteiger partial charge in [0.15, 0.2) is 5.96 Å². The molecule has 0 saturated heterocycles. The molecule has 2 aromatic rings. The Bertz CT molecular complexity index is 802. The molecule has 0 radical (unpaired) electrons. The van der Waals surface area contributed by atoms with Gasteiger partial charge in [-0.15, -0.1) is 11.3 Å². The fourth-order valence-electron chi connectivity index (χ4n) is 2.25. The number of hydrogen-bond acceptors (Lipinski definition) is 4. The van der Waals surface area contributed by atoms with E-state index < -0.39 is 10.0 Å². The van der Waals surface area contributed by atoms with E-state index in [2.05, 4.69) is 39.4 Å². The maximum atomic E-state index is 12.2. The topological polar surface area (TPSA) is 82.6 Å². The lowest BCUT2D eigenvalue weighted by molar-refractivity contribution is 0.580. The average Bonchev–Trinajstić information content (AvgIpc) is 3.12. The number of nitrogens with zero attached hydrogens (tertiary/aromatic N) is 1. The van der Waals surface area contributed by atoms with Crippen LogP contribution in [0, 0.1) is 0 Å². The minimum absolute atomic E-state index is 0.269. The molecule has 0 aliphatic heterocycles. The predicted octanol–water partition coefficient (Wildman–Crippen LogP) is 2.34. The Hall–Kier alpha value is -1.90. The minimum atomic E-state index is -3.47. The van der Waals surface area contributed by atoms with E-state index in [1.54, 1.807) is 41.7 Å². The number of rotatable bonds is 9. The van der Waals surface area contributed by atoms with Crippen molar-refractivity contribution in [1.29, 1.82) is 0 Å². The van der Waals surface area contributed by atoms with Crippen LogP contribution in [0.4, 0.5) is 0 Å². The van der Waals surface area contributed by atoms with Gasteiger partial charge in [-0.1, -0.05) is 25.1 Å². The molecule has 0 bridgehead atoms. The molecule has 142 valence electrons. The quantitative estimate of drug-likeness (QED) is 0.346. The molecule has 0 aliphatic rings. The zero-order chi connectivity index (χ0) is 18.8. The summed E-state index contributed by atoms with van der Waals surface area (Å²) in [6, 6.07) is 12.6. The van der Waals surface area contributed by atoms with E-state index in [1.165, 1.54) is 9.75 Å². The Balaban J connectivity index is 1.83. The SMILES string of the molecule is CCNC(=NCc1ccc(CC)s1)NCCNS(=O)(=O)c1ccccc1. The molecule has 2 rings (SSSR count). The lowest BCUT2D eigenvalue weighted by atomic mass is 10.4. The van der Waals surface area contributed by atoms with Gasteiger partial charge in [-0.25, -0.2) is 18.1 Å². The zero-order valence-corrected chi connectivity index (χ0v) is 16.8. The Morgan fingerprint density at radius 2 is 1.73 bits per heavy atom. The monoisotopic (exact) mass is 394 g/mol. The number of nitrogens with one attached hydrogen (secondary N) is 3. The number of benzene rings is 1. The Morgan fingerprint density at radius 1 is 1.00 bits per heavy atom. The van der Waals surface area contributed by atoms with Gasteiger partial charge in [-0.3, -0.25) is 0 Å². The van der Waals surface area contributed by atoms with Gasteiger partial charge >= 0.3 is 0 Å². The van der Waals surface area contributed by atoms with Gasteiger partial charge in [0.05, 0.1) is 11.4 Å². The van der Waals surface area contributed by atoms with Crippen LogP contribution in [0.25, 0.3) is 0 Å².